The molecule has 0 amide bonds. The first-order chi connectivity index (χ1) is 6.79. The topological polar surface area (TPSA) is 51.0 Å². The molecule has 0 radical (unpaired) electrons. The molecule has 0 saturated heterocycles. The number of hydrogen-bond donors (Lipinski definition) is 1. The van der Waals surface area contributed by atoms with Crippen LogP contribution >= 0.6 is 0 Å². The molecule has 2 aromatic heterocycles. The minimum absolute atomic E-state index is 0.621. The second-order valence-electron chi connectivity index (χ2n) is 3.25. The summed E-state index contributed by atoms with van der Waals surface area (Å²) < 4.78 is 5.29. The molecule has 0 bridgehead atoms. The molecule has 14 heavy (non-hydrogen) atoms. The predicted octanol–water partition coefficient (Wildman–Crippen LogP) is 1.29. The maximum Gasteiger partial charge on any atom is 0.246 e. The first-order valence-electron chi connectivity index (χ1n) is 4.66. The fraction of sp³-hybridized carbons (Fsp3) is 0.400. The van der Waals surface area contributed by atoms with Crippen molar-refractivity contribution in [1.82, 2.24) is 15.3 Å². The molecular formula is C10H13N3O. The molecule has 0 fully saturated rings. The number of aryl methyl sites for hydroxylation is 1. The molecule has 0 aliphatic carbocycles. The maximum atomic E-state index is 5.29. The molecule has 4 nitrogen and oxygen atoms in total. The van der Waals surface area contributed by atoms with Crippen LogP contribution < -0.4 is 5.32 Å². The molecule has 0 atom stereocenters. The standard InChI is InChI=1S/C10H13N3O/c1-7-13-9-5-8(3-4-11-2)6-12-10(9)14-7/h5-6,11H,3-4H2,1-2H3. The lowest BCUT2D eigenvalue weighted by molar-refractivity contribution is 0.551. The predicted molar refractivity (Wildman–Crippen MR) is 54.2 cm³/mol. The van der Waals surface area contributed by atoms with Gasteiger partial charge in [0.05, 0.1) is 0 Å². The molecule has 74 valence electrons. The first-order valence-corrected chi connectivity index (χ1v) is 4.66. The van der Waals surface area contributed by atoms with Crippen LogP contribution in [0, 0.1) is 6.92 Å². The number of nitrogens with one attached hydrogen (secondary N) is 1. The Morgan fingerprint density at radius 2 is 2.36 bits per heavy atom. The highest BCUT2D eigenvalue weighted by Gasteiger charge is 2.03. The Labute approximate surface area is 82.4 Å². The Morgan fingerprint density at radius 3 is 3.14 bits per heavy atom. The second-order valence-corrected chi connectivity index (χ2v) is 3.25. The molecule has 0 saturated carbocycles. The van der Waals surface area contributed by atoms with Crippen LogP contribution in [-0.2, 0) is 6.42 Å². The lowest BCUT2D eigenvalue weighted by Gasteiger charge is -1.98. The van der Waals surface area contributed by atoms with E-state index in [1.54, 1.807) is 0 Å². The number of pyridine rings is 1. The number of aromatic nitrogens is 2. The van der Waals surface area contributed by atoms with Crippen molar-refractivity contribution < 1.29 is 4.42 Å². The molecule has 2 heterocycles. The molecule has 2 rings (SSSR count). The monoisotopic (exact) mass is 191 g/mol. The Hall–Kier alpha value is -1.42. The van der Waals surface area contributed by atoms with Crippen molar-refractivity contribution in [2.45, 2.75) is 13.3 Å². The van der Waals surface area contributed by atoms with Gasteiger partial charge in [-0.2, -0.15) is 0 Å². The van der Waals surface area contributed by atoms with Gasteiger partial charge in [-0.05, 0) is 31.6 Å². The average molecular weight is 191 g/mol. The van der Waals surface area contributed by atoms with Gasteiger partial charge in [0.2, 0.25) is 5.71 Å². The van der Waals surface area contributed by atoms with E-state index in [4.69, 9.17) is 4.42 Å². The van der Waals surface area contributed by atoms with Crippen LogP contribution in [0.2, 0.25) is 0 Å². The minimum Gasteiger partial charge on any atom is -0.423 e. The van der Waals surface area contributed by atoms with Crippen LogP contribution in [-0.4, -0.2) is 23.6 Å². The average Bonchev–Trinajstić information content (AvgIpc) is 2.54. The van der Waals surface area contributed by atoms with E-state index in [1.165, 1.54) is 5.56 Å². The van der Waals surface area contributed by atoms with Gasteiger partial charge in [-0.25, -0.2) is 9.97 Å². The molecule has 0 aliphatic heterocycles. The van der Waals surface area contributed by atoms with Gasteiger partial charge >= 0.3 is 0 Å². The van der Waals surface area contributed by atoms with E-state index >= 15 is 0 Å². The SMILES string of the molecule is CNCCc1cnc2oc(C)nc2c1. The van der Waals surface area contributed by atoms with Gasteiger partial charge in [-0.1, -0.05) is 0 Å². The number of rotatable bonds is 3. The zero-order chi connectivity index (χ0) is 9.97. The summed E-state index contributed by atoms with van der Waals surface area (Å²) >= 11 is 0. The van der Waals surface area contributed by atoms with E-state index in [1.807, 2.05) is 26.2 Å². The number of oxazole rings is 1. The third kappa shape index (κ3) is 1.75. The summed E-state index contributed by atoms with van der Waals surface area (Å²) in [5.74, 6) is 0.665. The molecule has 0 unspecified atom stereocenters. The molecule has 1 N–H and O–H groups in total. The fourth-order valence-electron chi connectivity index (χ4n) is 1.38. The van der Waals surface area contributed by atoms with Gasteiger partial charge < -0.3 is 9.73 Å². The summed E-state index contributed by atoms with van der Waals surface area (Å²) in [7, 11) is 1.94. The fourth-order valence-corrected chi connectivity index (χ4v) is 1.38. The number of fused-ring (bicyclic) bond motifs is 1. The van der Waals surface area contributed by atoms with Crippen LogP contribution in [0.5, 0.6) is 0 Å². The molecule has 4 heteroatoms. The van der Waals surface area contributed by atoms with Gasteiger partial charge in [-0.15, -0.1) is 0 Å². The zero-order valence-electron chi connectivity index (χ0n) is 8.37. The molecule has 0 aromatic carbocycles. The number of hydrogen-bond acceptors (Lipinski definition) is 4. The van der Waals surface area contributed by atoms with E-state index < -0.39 is 0 Å². The third-order valence-corrected chi connectivity index (χ3v) is 2.07. The first kappa shape index (κ1) is 9.15. The minimum atomic E-state index is 0.621. The van der Waals surface area contributed by atoms with Crippen molar-refractivity contribution in [3.63, 3.8) is 0 Å². The van der Waals surface area contributed by atoms with E-state index in [2.05, 4.69) is 15.3 Å². The number of nitrogens with zero attached hydrogens (tertiary/aromatic N) is 2. The summed E-state index contributed by atoms with van der Waals surface area (Å²) in [6.07, 6.45) is 2.80. The smallest absolute Gasteiger partial charge is 0.246 e. The maximum absolute atomic E-state index is 5.29. The molecule has 2 aromatic rings. The Kier molecular flexibility index (Phi) is 2.45. The van der Waals surface area contributed by atoms with Gasteiger partial charge in [0.15, 0.2) is 5.89 Å². The Morgan fingerprint density at radius 1 is 1.50 bits per heavy atom. The van der Waals surface area contributed by atoms with Crippen LogP contribution in [0.15, 0.2) is 16.7 Å². The van der Waals surface area contributed by atoms with Crippen molar-refractivity contribution in [2.75, 3.05) is 13.6 Å². The summed E-state index contributed by atoms with van der Waals surface area (Å²) in [6, 6.07) is 2.02. The van der Waals surface area contributed by atoms with E-state index in [9.17, 15) is 0 Å². The highest BCUT2D eigenvalue weighted by atomic mass is 16.4. The molecule has 0 aliphatic rings. The van der Waals surface area contributed by atoms with Gasteiger partial charge in [0, 0.05) is 13.1 Å². The Balaban J connectivity index is 2.31. The van der Waals surface area contributed by atoms with Crippen LogP contribution in [0.25, 0.3) is 11.2 Å². The third-order valence-electron chi connectivity index (χ3n) is 2.07. The van der Waals surface area contributed by atoms with Crippen LogP contribution in [0.3, 0.4) is 0 Å². The lowest BCUT2D eigenvalue weighted by atomic mass is 10.2. The second kappa shape index (κ2) is 3.75. The van der Waals surface area contributed by atoms with Crippen molar-refractivity contribution in [3.8, 4) is 0 Å². The van der Waals surface area contributed by atoms with E-state index in [-0.39, 0.29) is 0 Å². The largest absolute Gasteiger partial charge is 0.423 e. The van der Waals surface area contributed by atoms with Crippen molar-refractivity contribution in [2.24, 2.45) is 0 Å². The van der Waals surface area contributed by atoms with Gasteiger partial charge in [0.25, 0.3) is 0 Å². The lowest BCUT2D eigenvalue weighted by Crippen LogP contribution is -2.10. The highest BCUT2D eigenvalue weighted by Crippen LogP contribution is 2.13. The van der Waals surface area contributed by atoms with Crippen molar-refractivity contribution in [3.05, 3.63) is 23.7 Å². The molecule has 0 spiro atoms. The summed E-state index contributed by atoms with van der Waals surface area (Å²) in [5.41, 5.74) is 2.65. The van der Waals surface area contributed by atoms with E-state index in [0.717, 1.165) is 18.5 Å². The Bertz CT molecular complexity index is 436. The quantitative estimate of drug-likeness (QED) is 0.794. The number of likely N-dealkylation sites (N-methyl/N-ethyl adjacent to an activating group) is 1. The van der Waals surface area contributed by atoms with Crippen LogP contribution in [0.4, 0.5) is 0 Å². The zero-order valence-corrected chi connectivity index (χ0v) is 8.37. The van der Waals surface area contributed by atoms with Crippen molar-refractivity contribution in [1.29, 1.82) is 0 Å². The normalized spacial score (nSPS) is 11.0. The van der Waals surface area contributed by atoms with Crippen molar-refractivity contribution >= 4 is 11.2 Å². The van der Waals surface area contributed by atoms with Gasteiger partial charge in [0.1, 0.15) is 5.52 Å². The molecular weight excluding hydrogens is 178 g/mol. The van der Waals surface area contributed by atoms with E-state index in [0.29, 0.717) is 11.6 Å². The highest BCUT2D eigenvalue weighted by molar-refractivity contribution is 5.68. The van der Waals surface area contributed by atoms with Crippen LogP contribution in [0.1, 0.15) is 11.5 Å². The summed E-state index contributed by atoms with van der Waals surface area (Å²) in [5, 5.41) is 3.10. The summed E-state index contributed by atoms with van der Waals surface area (Å²) in [4.78, 5) is 8.43. The summed E-state index contributed by atoms with van der Waals surface area (Å²) in [6.45, 7) is 2.78. The van der Waals surface area contributed by atoms with Gasteiger partial charge in [-0.3, -0.25) is 0 Å².